The van der Waals surface area contributed by atoms with Crippen LogP contribution in [0.25, 0.3) is 0 Å². The van der Waals surface area contributed by atoms with Crippen LogP contribution < -0.4 is 0 Å². The van der Waals surface area contributed by atoms with Crippen LogP contribution in [0.5, 0.6) is 0 Å². The molecule has 0 heterocycles. The van der Waals surface area contributed by atoms with Gasteiger partial charge in [-0.15, -0.1) is 0 Å². The molecule has 1 saturated carbocycles. The summed E-state index contributed by atoms with van der Waals surface area (Å²) in [5.74, 6) is -1.76. The highest BCUT2D eigenvalue weighted by molar-refractivity contribution is 5.29. The van der Waals surface area contributed by atoms with Gasteiger partial charge >= 0.3 is 0 Å². The van der Waals surface area contributed by atoms with Gasteiger partial charge in [-0.05, 0) is 35.8 Å². The lowest BCUT2D eigenvalue weighted by molar-refractivity contribution is 0.485. The van der Waals surface area contributed by atoms with Gasteiger partial charge in [-0.25, -0.2) is 13.2 Å². The lowest BCUT2D eigenvalue weighted by Crippen LogP contribution is -1.97. The molecule has 3 heteroatoms. The molecule has 0 N–H and O–H groups in total. The minimum Gasteiger partial charge on any atom is -0.207 e. The zero-order valence-electron chi connectivity index (χ0n) is 8.73. The van der Waals surface area contributed by atoms with Gasteiger partial charge in [0, 0.05) is 6.07 Å². The third-order valence-electron chi connectivity index (χ3n) is 3.14. The van der Waals surface area contributed by atoms with Crippen LogP contribution in [0.1, 0.15) is 31.7 Å². The highest BCUT2D eigenvalue weighted by Gasteiger charge is 2.42. The first-order valence-corrected chi connectivity index (χ1v) is 5.15. The average molecular weight is 214 g/mol. The predicted octanol–water partition coefficient (Wildman–Crippen LogP) is 3.86. The summed E-state index contributed by atoms with van der Waals surface area (Å²) in [6.45, 7) is 4.12. The summed E-state index contributed by atoms with van der Waals surface area (Å²) in [7, 11) is 0. The van der Waals surface area contributed by atoms with E-state index in [0.29, 0.717) is 23.5 Å². The van der Waals surface area contributed by atoms with Crippen LogP contribution in [0.3, 0.4) is 0 Å². The maximum absolute atomic E-state index is 13.4. The maximum atomic E-state index is 13.4. The molecule has 2 rings (SSSR count). The smallest absolute Gasteiger partial charge is 0.161 e. The second kappa shape index (κ2) is 3.54. The van der Waals surface area contributed by atoms with E-state index in [1.165, 1.54) is 0 Å². The Balaban J connectivity index is 2.27. The molecule has 0 bridgehead atoms. The summed E-state index contributed by atoms with van der Waals surface area (Å²) < 4.78 is 39.0. The molecule has 0 aromatic heterocycles. The van der Waals surface area contributed by atoms with E-state index in [1.807, 2.05) is 0 Å². The van der Waals surface area contributed by atoms with Crippen molar-refractivity contribution >= 4 is 0 Å². The van der Waals surface area contributed by atoms with Crippen molar-refractivity contribution in [3.63, 3.8) is 0 Å². The van der Waals surface area contributed by atoms with E-state index in [4.69, 9.17) is 0 Å². The van der Waals surface area contributed by atoms with Crippen molar-refractivity contribution < 1.29 is 13.2 Å². The molecule has 0 unspecified atom stereocenters. The Morgan fingerprint density at radius 3 is 2.20 bits per heavy atom. The van der Waals surface area contributed by atoms with Crippen molar-refractivity contribution in [3.8, 4) is 0 Å². The molecule has 0 spiro atoms. The number of benzene rings is 1. The van der Waals surface area contributed by atoms with Crippen LogP contribution in [0.4, 0.5) is 13.2 Å². The summed E-state index contributed by atoms with van der Waals surface area (Å²) in [6, 6.07) is 1.64. The maximum Gasteiger partial charge on any atom is 0.161 e. The molecular weight excluding hydrogens is 201 g/mol. The highest BCUT2D eigenvalue weighted by atomic mass is 19.2. The molecule has 1 aliphatic carbocycles. The molecule has 0 amide bonds. The Kier molecular flexibility index (Phi) is 2.49. The van der Waals surface area contributed by atoms with Gasteiger partial charge in [0.2, 0.25) is 0 Å². The summed E-state index contributed by atoms with van der Waals surface area (Å²) in [5, 5.41) is 0. The molecule has 15 heavy (non-hydrogen) atoms. The van der Waals surface area contributed by atoms with Crippen LogP contribution in [-0.4, -0.2) is 0 Å². The van der Waals surface area contributed by atoms with E-state index in [1.54, 1.807) is 0 Å². The second-order valence-corrected chi connectivity index (χ2v) is 4.54. The standard InChI is InChI=1S/C12H13F3/c1-6(2)7-3-8(7)9-4-11(14)12(15)5-10(9)13/h4-8H,3H2,1-2H3/t7-,8+/m1/s1. The molecule has 1 aliphatic rings. The zero-order valence-corrected chi connectivity index (χ0v) is 8.73. The monoisotopic (exact) mass is 214 g/mol. The summed E-state index contributed by atoms with van der Waals surface area (Å²) in [4.78, 5) is 0. The predicted molar refractivity (Wildman–Crippen MR) is 52.0 cm³/mol. The molecule has 82 valence electrons. The Hall–Kier alpha value is -0.990. The van der Waals surface area contributed by atoms with Gasteiger partial charge in [0.15, 0.2) is 11.6 Å². The fourth-order valence-corrected chi connectivity index (χ4v) is 2.13. The van der Waals surface area contributed by atoms with Crippen molar-refractivity contribution in [2.24, 2.45) is 11.8 Å². The quantitative estimate of drug-likeness (QED) is 0.656. The number of rotatable bonds is 2. The minimum atomic E-state index is -1.11. The van der Waals surface area contributed by atoms with Crippen LogP contribution in [-0.2, 0) is 0 Å². The van der Waals surface area contributed by atoms with Crippen LogP contribution in [0.2, 0.25) is 0 Å². The van der Waals surface area contributed by atoms with Gasteiger partial charge in [-0.3, -0.25) is 0 Å². The van der Waals surface area contributed by atoms with Crippen LogP contribution in [0, 0.1) is 29.3 Å². The third kappa shape index (κ3) is 1.87. The van der Waals surface area contributed by atoms with Gasteiger partial charge in [-0.1, -0.05) is 13.8 Å². The fraction of sp³-hybridized carbons (Fsp3) is 0.500. The summed E-state index contributed by atoms with van der Waals surface area (Å²) in [5.41, 5.74) is 0.326. The Labute approximate surface area is 87.1 Å². The molecule has 1 fully saturated rings. The van der Waals surface area contributed by atoms with Gasteiger partial charge in [0.05, 0.1) is 0 Å². The molecule has 1 aromatic carbocycles. The van der Waals surface area contributed by atoms with E-state index >= 15 is 0 Å². The average Bonchev–Trinajstić information content (AvgIpc) is 2.90. The zero-order chi connectivity index (χ0) is 11.2. The van der Waals surface area contributed by atoms with Crippen molar-refractivity contribution in [2.45, 2.75) is 26.2 Å². The second-order valence-electron chi connectivity index (χ2n) is 4.54. The van der Waals surface area contributed by atoms with E-state index in [-0.39, 0.29) is 5.92 Å². The number of hydrogen-bond acceptors (Lipinski definition) is 0. The van der Waals surface area contributed by atoms with Gasteiger partial charge in [0.1, 0.15) is 5.82 Å². The van der Waals surface area contributed by atoms with Gasteiger partial charge in [0.25, 0.3) is 0 Å². The van der Waals surface area contributed by atoms with E-state index in [9.17, 15) is 13.2 Å². The lowest BCUT2D eigenvalue weighted by Gasteiger charge is -2.05. The van der Waals surface area contributed by atoms with Crippen molar-refractivity contribution in [1.29, 1.82) is 0 Å². The molecule has 0 aliphatic heterocycles. The van der Waals surface area contributed by atoms with E-state index in [0.717, 1.165) is 12.5 Å². The van der Waals surface area contributed by atoms with E-state index < -0.39 is 17.5 Å². The SMILES string of the molecule is CC(C)[C@H]1C[C@@H]1c1cc(F)c(F)cc1F. The molecular formula is C12H13F3. The summed E-state index contributed by atoms with van der Waals surface area (Å²) in [6.07, 6.45) is 0.875. The van der Waals surface area contributed by atoms with Crippen LogP contribution >= 0.6 is 0 Å². The number of hydrogen-bond donors (Lipinski definition) is 0. The molecule has 0 nitrogen and oxygen atoms in total. The van der Waals surface area contributed by atoms with Gasteiger partial charge < -0.3 is 0 Å². The Bertz CT molecular complexity index is 385. The first-order chi connectivity index (χ1) is 7.00. The van der Waals surface area contributed by atoms with Crippen molar-refractivity contribution in [2.75, 3.05) is 0 Å². The largest absolute Gasteiger partial charge is 0.207 e. The van der Waals surface area contributed by atoms with Crippen molar-refractivity contribution in [1.82, 2.24) is 0 Å². The first kappa shape index (κ1) is 10.5. The number of halogens is 3. The lowest BCUT2D eigenvalue weighted by atomic mass is 10.0. The van der Waals surface area contributed by atoms with E-state index in [2.05, 4.69) is 13.8 Å². The normalized spacial score (nSPS) is 24.7. The Morgan fingerprint density at radius 2 is 1.67 bits per heavy atom. The minimum absolute atomic E-state index is 0.0695. The molecule has 2 atom stereocenters. The molecule has 0 radical (unpaired) electrons. The molecule has 1 aromatic rings. The van der Waals surface area contributed by atoms with Gasteiger partial charge in [-0.2, -0.15) is 0 Å². The van der Waals surface area contributed by atoms with Crippen molar-refractivity contribution in [3.05, 3.63) is 35.1 Å². The van der Waals surface area contributed by atoms with Crippen LogP contribution in [0.15, 0.2) is 12.1 Å². The molecule has 0 saturated heterocycles. The third-order valence-corrected chi connectivity index (χ3v) is 3.14. The fourth-order valence-electron chi connectivity index (χ4n) is 2.13. The topological polar surface area (TPSA) is 0 Å². The highest BCUT2D eigenvalue weighted by Crippen LogP contribution is 2.52. The summed E-state index contributed by atoms with van der Waals surface area (Å²) >= 11 is 0. The first-order valence-electron chi connectivity index (χ1n) is 5.15. The Morgan fingerprint density at radius 1 is 1.07 bits per heavy atom.